The Morgan fingerprint density at radius 3 is 2.71 bits per heavy atom. The number of anilines is 1. The monoisotopic (exact) mass is 282 g/mol. The molecule has 0 saturated carbocycles. The lowest BCUT2D eigenvalue weighted by atomic mass is 9.74. The van der Waals surface area contributed by atoms with Gasteiger partial charge in [-0.05, 0) is 51.0 Å². The summed E-state index contributed by atoms with van der Waals surface area (Å²) < 4.78 is 6.10. The highest BCUT2D eigenvalue weighted by Gasteiger charge is 2.49. The van der Waals surface area contributed by atoms with Crippen LogP contribution in [0, 0.1) is 0 Å². The van der Waals surface area contributed by atoms with Gasteiger partial charge in [0, 0.05) is 17.2 Å². The minimum absolute atomic E-state index is 0.187. The lowest BCUT2D eigenvalue weighted by Crippen LogP contribution is -2.46. The fraction of sp³-hybridized carbons (Fsp3) is 0.438. The smallest absolute Gasteiger partial charge is 0.182 e. The molecule has 3 unspecified atom stereocenters. The minimum atomic E-state index is -0.330. The van der Waals surface area contributed by atoms with Crippen LogP contribution >= 0.6 is 0 Å². The van der Waals surface area contributed by atoms with Crippen LogP contribution in [0.3, 0.4) is 0 Å². The molecule has 0 spiro atoms. The molecule has 2 aliphatic heterocycles. The van der Waals surface area contributed by atoms with Crippen molar-refractivity contribution in [3.05, 3.63) is 35.7 Å². The number of ether oxygens (including phenoxy) is 1. The van der Waals surface area contributed by atoms with Crippen LogP contribution in [0.1, 0.15) is 44.0 Å². The maximum absolute atomic E-state index is 6.10. The Kier molecular flexibility index (Phi) is 2.57. The van der Waals surface area contributed by atoms with Gasteiger partial charge >= 0.3 is 0 Å². The average Bonchev–Trinajstić information content (AvgIpc) is 2.47. The van der Waals surface area contributed by atoms with Gasteiger partial charge in [0.2, 0.25) is 0 Å². The second-order valence-corrected chi connectivity index (χ2v) is 6.19. The molecular formula is C16H18N4O. The van der Waals surface area contributed by atoms with Crippen molar-refractivity contribution in [1.29, 1.82) is 0 Å². The number of hydrogen-bond donors (Lipinski definition) is 1. The maximum Gasteiger partial charge on any atom is 0.182 e. The number of fused-ring (bicyclic) bond motifs is 2. The third-order valence-electron chi connectivity index (χ3n) is 4.68. The summed E-state index contributed by atoms with van der Waals surface area (Å²) in [5.74, 6) is 0.988. The second-order valence-electron chi connectivity index (χ2n) is 6.19. The van der Waals surface area contributed by atoms with Crippen molar-refractivity contribution in [2.45, 2.75) is 44.3 Å². The summed E-state index contributed by atoms with van der Waals surface area (Å²) in [4.78, 5) is 4.80. The molecule has 2 N–H and O–H groups in total. The zero-order chi connectivity index (χ0) is 14.6. The van der Waals surface area contributed by atoms with E-state index in [1.807, 2.05) is 24.3 Å². The van der Waals surface area contributed by atoms with Gasteiger partial charge in [0.15, 0.2) is 5.82 Å². The summed E-state index contributed by atoms with van der Waals surface area (Å²) in [7, 11) is 0. The van der Waals surface area contributed by atoms with Crippen LogP contribution in [0.15, 0.2) is 24.3 Å². The molecule has 1 fully saturated rings. The Bertz CT molecular complexity index is 700. The third-order valence-corrected chi connectivity index (χ3v) is 4.68. The highest BCUT2D eigenvalue weighted by atomic mass is 16.5. The summed E-state index contributed by atoms with van der Waals surface area (Å²) in [6.45, 7) is 4.22. The highest BCUT2D eigenvalue weighted by molar-refractivity contribution is 5.58. The van der Waals surface area contributed by atoms with E-state index in [0.717, 1.165) is 35.5 Å². The van der Waals surface area contributed by atoms with E-state index >= 15 is 0 Å². The van der Waals surface area contributed by atoms with Crippen molar-refractivity contribution in [2.24, 2.45) is 0 Å². The van der Waals surface area contributed by atoms with Crippen molar-refractivity contribution in [2.75, 3.05) is 5.73 Å². The van der Waals surface area contributed by atoms with Crippen LogP contribution in [0.5, 0.6) is 0 Å². The molecular weight excluding hydrogens is 264 g/mol. The van der Waals surface area contributed by atoms with Gasteiger partial charge in [-0.15, -0.1) is 10.2 Å². The summed E-state index contributed by atoms with van der Waals surface area (Å²) >= 11 is 0. The van der Waals surface area contributed by atoms with Crippen molar-refractivity contribution >= 4 is 5.69 Å². The van der Waals surface area contributed by atoms with E-state index in [2.05, 4.69) is 24.0 Å². The predicted molar refractivity (Wildman–Crippen MR) is 79.5 cm³/mol. The Labute approximate surface area is 123 Å². The quantitative estimate of drug-likeness (QED) is 0.814. The first-order valence-electron chi connectivity index (χ1n) is 7.36. The molecule has 3 heterocycles. The average molecular weight is 282 g/mol. The topological polar surface area (TPSA) is 73.9 Å². The molecule has 2 aromatic rings. The number of nitrogen functional groups attached to an aromatic ring is 1. The fourth-order valence-corrected chi connectivity index (χ4v) is 3.48. The molecule has 0 radical (unpaired) electrons. The number of aromatic nitrogens is 3. The largest absolute Gasteiger partial charge is 0.399 e. The SMILES string of the molecule is CC1OC2(C)CCC1c1nc(-c3ccc(N)cc3)nnc12. The van der Waals surface area contributed by atoms with E-state index in [0.29, 0.717) is 11.7 Å². The molecule has 1 aromatic heterocycles. The molecule has 5 nitrogen and oxygen atoms in total. The first-order chi connectivity index (χ1) is 10.1. The van der Waals surface area contributed by atoms with E-state index in [4.69, 9.17) is 15.5 Å². The summed E-state index contributed by atoms with van der Waals surface area (Å²) in [5, 5.41) is 8.74. The Morgan fingerprint density at radius 1 is 1.24 bits per heavy atom. The van der Waals surface area contributed by atoms with Crippen LogP contribution in [0.2, 0.25) is 0 Å². The molecule has 5 heteroatoms. The third kappa shape index (κ3) is 1.84. The summed E-state index contributed by atoms with van der Waals surface area (Å²) in [6, 6.07) is 7.58. The highest BCUT2D eigenvalue weighted by Crippen LogP contribution is 2.50. The van der Waals surface area contributed by atoms with Crippen molar-refractivity contribution < 1.29 is 4.74 Å². The van der Waals surface area contributed by atoms with Gasteiger partial charge in [-0.1, -0.05) is 0 Å². The molecule has 0 amide bonds. The normalized spacial score (nSPS) is 30.2. The van der Waals surface area contributed by atoms with Gasteiger partial charge in [-0.2, -0.15) is 0 Å². The van der Waals surface area contributed by atoms with Gasteiger partial charge in [0.05, 0.1) is 11.8 Å². The molecule has 1 aromatic carbocycles. The van der Waals surface area contributed by atoms with E-state index in [-0.39, 0.29) is 11.7 Å². The molecule has 5 rings (SSSR count). The molecule has 21 heavy (non-hydrogen) atoms. The maximum atomic E-state index is 6.10. The van der Waals surface area contributed by atoms with Crippen LogP contribution in [0.25, 0.3) is 11.4 Å². The van der Waals surface area contributed by atoms with Crippen LogP contribution in [-0.2, 0) is 10.3 Å². The standard InChI is InChI=1S/C16H18N4O/c1-9-12-7-8-16(2,21-9)14-13(12)18-15(20-19-14)10-3-5-11(17)6-4-10/h3-6,9,12H,7-8,17H2,1-2H3. The first kappa shape index (κ1) is 12.7. The van der Waals surface area contributed by atoms with Gasteiger partial charge in [-0.25, -0.2) is 4.98 Å². The Morgan fingerprint density at radius 2 is 2.00 bits per heavy atom. The van der Waals surface area contributed by atoms with Gasteiger partial charge in [0.1, 0.15) is 11.3 Å². The van der Waals surface area contributed by atoms with Gasteiger partial charge in [0.25, 0.3) is 0 Å². The predicted octanol–water partition coefficient (Wildman–Crippen LogP) is 2.63. The number of nitrogens with two attached hydrogens (primary N) is 1. The fourth-order valence-electron chi connectivity index (χ4n) is 3.48. The molecule has 1 aliphatic carbocycles. The molecule has 2 bridgehead atoms. The van der Waals surface area contributed by atoms with E-state index in [9.17, 15) is 0 Å². The number of benzene rings is 1. The molecule has 3 aliphatic rings. The lowest BCUT2D eigenvalue weighted by Gasteiger charge is -2.47. The van der Waals surface area contributed by atoms with Crippen molar-refractivity contribution in [1.82, 2.24) is 15.2 Å². The van der Waals surface area contributed by atoms with Crippen LogP contribution < -0.4 is 5.73 Å². The van der Waals surface area contributed by atoms with Crippen LogP contribution in [-0.4, -0.2) is 21.3 Å². The van der Waals surface area contributed by atoms with Crippen molar-refractivity contribution in [3.8, 4) is 11.4 Å². The minimum Gasteiger partial charge on any atom is -0.399 e. The number of nitrogens with zero attached hydrogens (tertiary/aromatic N) is 3. The molecule has 3 atom stereocenters. The van der Waals surface area contributed by atoms with Gasteiger partial charge < -0.3 is 10.5 Å². The van der Waals surface area contributed by atoms with E-state index < -0.39 is 0 Å². The molecule has 1 saturated heterocycles. The van der Waals surface area contributed by atoms with Gasteiger partial charge in [-0.3, -0.25) is 0 Å². The van der Waals surface area contributed by atoms with E-state index in [1.54, 1.807) is 0 Å². The summed E-state index contributed by atoms with van der Waals surface area (Å²) in [5.41, 5.74) is 9.05. The molecule has 108 valence electrons. The number of hydrogen-bond acceptors (Lipinski definition) is 5. The Balaban J connectivity index is 1.83. The Hall–Kier alpha value is -2.01. The first-order valence-corrected chi connectivity index (χ1v) is 7.36. The lowest BCUT2D eigenvalue weighted by molar-refractivity contribution is -0.145. The zero-order valence-electron chi connectivity index (χ0n) is 12.2. The summed E-state index contributed by atoms with van der Waals surface area (Å²) in [6.07, 6.45) is 2.28. The van der Waals surface area contributed by atoms with E-state index in [1.165, 1.54) is 0 Å². The second kappa shape index (κ2) is 4.24. The van der Waals surface area contributed by atoms with Crippen molar-refractivity contribution in [3.63, 3.8) is 0 Å². The van der Waals surface area contributed by atoms with Crippen LogP contribution in [0.4, 0.5) is 5.69 Å². The zero-order valence-corrected chi connectivity index (χ0v) is 12.2. The number of rotatable bonds is 1.